The maximum absolute atomic E-state index is 10.5. The van der Waals surface area contributed by atoms with E-state index in [1.54, 1.807) is 0 Å². The Bertz CT molecular complexity index is 142. The molecule has 0 rings (SSSR count). The smallest absolute Gasteiger partial charge is 0.198 e. The Morgan fingerprint density at radius 2 is 1.89 bits per heavy atom. The van der Waals surface area contributed by atoms with Crippen molar-refractivity contribution in [3.8, 4) is 0 Å². The first kappa shape index (κ1) is 8.01. The lowest BCUT2D eigenvalue weighted by atomic mass is 10.3. The lowest BCUT2D eigenvalue weighted by Crippen LogP contribution is -2.01. The third-order valence-electron chi connectivity index (χ3n) is 0.852. The van der Waals surface area contributed by atoms with Crippen molar-refractivity contribution in [2.45, 2.75) is 13.8 Å². The number of aliphatic hydroxyl groups is 1. The Kier molecular flexibility index (Phi) is 2.78. The van der Waals surface area contributed by atoms with Gasteiger partial charge in [-0.1, -0.05) is 0 Å². The number of carbonyl (C=O) groups excluding carboxylic acids is 1. The molecule has 0 saturated heterocycles. The number of hydrogen-bond acceptors (Lipinski definition) is 3. The van der Waals surface area contributed by atoms with Gasteiger partial charge in [-0.05, 0) is 6.92 Å². The van der Waals surface area contributed by atoms with Crippen molar-refractivity contribution in [1.82, 2.24) is 0 Å². The highest BCUT2D eigenvalue weighted by Gasteiger charge is 2.05. The molecular formula is C6H10O3. The van der Waals surface area contributed by atoms with Crippen molar-refractivity contribution in [3.63, 3.8) is 0 Å². The fraction of sp³-hybridized carbons (Fsp3) is 0.500. The van der Waals surface area contributed by atoms with Crippen molar-refractivity contribution in [3.05, 3.63) is 11.5 Å². The normalized spacial score (nSPS) is 12.3. The number of methoxy groups -OCH3 is 1. The quantitative estimate of drug-likeness (QED) is 0.448. The SMILES string of the molecule is CO/C(C(C)=O)=C(\C)O. The zero-order valence-electron chi connectivity index (χ0n) is 5.76. The van der Waals surface area contributed by atoms with Crippen LogP contribution in [0.3, 0.4) is 0 Å². The summed E-state index contributed by atoms with van der Waals surface area (Å²) in [7, 11) is 1.34. The topological polar surface area (TPSA) is 46.5 Å². The lowest BCUT2D eigenvalue weighted by molar-refractivity contribution is -0.116. The zero-order valence-corrected chi connectivity index (χ0v) is 5.76. The number of rotatable bonds is 2. The molecule has 3 nitrogen and oxygen atoms in total. The van der Waals surface area contributed by atoms with Gasteiger partial charge in [0.2, 0.25) is 0 Å². The van der Waals surface area contributed by atoms with E-state index in [-0.39, 0.29) is 17.3 Å². The summed E-state index contributed by atoms with van der Waals surface area (Å²) in [6.45, 7) is 2.73. The molecule has 0 aliphatic carbocycles. The summed E-state index contributed by atoms with van der Waals surface area (Å²) in [6, 6.07) is 0. The van der Waals surface area contributed by atoms with Gasteiger partial charge in [0.05, 0.1) is 7.11 Å². The van der Waals surface area contributed by atoms with Gasteiger partial charge in [-0.25, -0.2) is 0 Å². The van der Waals surface area contributed by atoms with Gasteiger partial charge in [-0.15, -0.1) is 0 Å². The van der Waals surface area contributed by atoms with Gasteiger partial charge in [0.25, 0.3) is 0 Å². The highest BCUT2D eigenvalue weighted by atomic mass is 16.5. The molecule has 0 unspecified atom stereocenters. The Hall–Kier alpha value is -0.990. The van der Waals surface area contributed by atoms with Crippen LogP contribution in [0.4, 0.5) is 0 Å². The maximum Gasteiger partial charge on any atom is 0.198 e. The van der Waals surface area contributed by atoms with Crippen molar-refractivity contribution in [1.29, 1.82) is 0 Å². The molecule has 0 atom stereocenters. The average molecular weight is 130 g/mol. The minimum absolute atomic E-state index is 0.0231. The Labute approximate surface area is 53.9 Å². The molecule has 0 saturated carbocycles. The van der Waals surface area contributed by atoms with E-state index in [4.69, 9.17) is 5.11 Å². The number of ether oxygens (including phenoxy) is 1. The summed E-state index contributed by atoms with van der Waals surface area (Å²) in [5.41, 5.74) is 0. The van der Waals surface area contributed by atoms with Crippen LogP contribution in [-0.2, 0) is 9.53 Å². The molecule has 9 heavy (non-hydrogen) atoms. The number of allylic oxidation sites excluding steroid dienone is 2. The van der Waals surface area contributed by atoms with Crippen LogP contribution in [0.25, 0.3) is 0 Å². The molecule has 3 heteroatoms. The minimum Gasteiger partial charge on any atom is -0.509 e. The summed E-state index contributed by atoms with van der Waals surface area (Å²) >= 11 is 0. The Balaban J connectivity index is 4.35. The Morgan fingerprint density at radius 1 is 1.44 bits per heavy atom. The zero-order chi connectivity index (χ0) is 7.44. The molecular weight excluding hydrogens is 120 g/mol. The first-order valence-corrected chi connectivity index (χ1v) is 2.54. The number of hydrogen-bond donors (Lipinski definition) is 1. The largest absolute Gasteiger partial charge is 0.509 e. The van der Waals surface area contributed by atoms with Crippen molar-refractivity contribution in [2.24, 2.45) is 0 Å². The second-order valence-electron chi connectivity index (χ2n) is 1.67. The minimum atomic E-state index is -0.266. The number of carbonyl (C=O) groups is 1. The van der Waals surface area contributed by atoms with E-state index >= 15 is 0 Å². The molecule has 52 valence electrons. The summed E-state index contributed by atoms with van der Waals surface area (Å²) in [5.74, 6) is -0.322. The average Bonchev–Trinajstić information content (AvgIpc) is 1.64. The molecule has 0 aromatic heterocycles. The predicted octanol–water partition coefficient (Wildman–Crippen LogP) is 1.01. The first-order chi connectivity index (χ1) is 4.09. The van der Waals surface area contributed by atoms with E-state index in [9.17, 15) is 4.79 Å². The molecule has 0 radical (unpaired) electrons. The summed E-state index contributed by atoms with van der Waals surface area (Å²) in [5, 5.41) is 8.72. The molecule has 0 aromatic carbocycles. The molecule has 0 amide bonds. The van der Waals surface area contributed by atoms with E-state index in [1.165, 1.54) is 21.0 Å². The molecule has 0 bridgehead atoms. The van der Waals surface area contributed by atoms with Gasteiger partial charge >= 0.3 is 0 Å². The maximum atomic E-state index is 10.5. The van der Waals surface area contributed by atoms with Gasteiger partial charge in [-0.2, -0.15) is 0 Å². The molecule has 1 N–H and O–H groups in total. The van der Waals surface area contributed by atoms with Crippen LogP contribution in [0.2, 0.25) is 0 Å². The molecule has 0 heterocycles. The fourth-order valence-electron chi connectivity index (χ4n) is 0.546. The number of aliphatic hydroxyl groups excluding tert-OH is 1. The van der Waals surface area contributed by atoms with Crippen LogP contribution in [0, 0.1) is 0 Å². The van der Waals surface area contributed by atoms with E-state index in [0.717, 1.165) is 0 Å². The molecule has 0 aliphatic rings. The first-order valence-electron chi connectivity index (χ1n) is 2.54. The van der Waals surface area contributed by atoms with Gasteiger partial charge < -0.3 is 9.84 Å². The van der Waals surface area contributed by atoms with Gasteiger partial charge in [-0.3, -0.25) is 4.79 Å². The van der Waals surface area contributed by atoms with Gasteiger partial charge in [0, 0.05) is 6.92 Å². The van der Waals surface area contributed by atoms with Crippen LogP contribution in [-0.4, -0.2) is 18.0 Å². The molecule has 0 aromatic rings. The fourth-order valence-corrected chi connectivity index (χ4v) is 0.546. The third-order valence-corrected chi connectivity index (χ3v) is 0.852. The van der Waals surface area contributed by atoms with E-state index in [1.807, 2.05) is 0 Å². The highest BCUT2D eigenvalue weighted by Crippen LogP contribution is 2.01. The standard InChI is InChI=1S/C6H10O3/c1-4(7)6(9-3)5(2)8/h7H,1-3H3/b6-4+. The predicted molar refractivity (Wildman–Crippen MR) is 33.0 cm³/mol. The third kappa shape index (κ3) is 2.17. The Morgan fingerprint density at radius 3 is 1.89 bits per heavy atom. The van der Waals surface area contributed by atoms with Crippen LogP contribution in [0.15, 0.2) is 11.5 Å². The summed E-state index contributed by atoms with van der Waals surface area (Å²) < 4.78 is 4.55. The second kappa shape index (κ2) is 3.12. The van der Waals surface area contributed by atoms with Gasteiger partial charge in [0.15, 0.2) is 11.5 Å². The monoisotopic (exact) mass is 130 g/mol. The van der Waals surface area contributed by atoms with Crippen LogP contribution < -0.4 is 0 Å². The molecule has 0 spiro atoms. The van der Waals surface area contributed by atoms with E-state index in [0.29, 0.717) is 0 Å². The molecule has 0 aliphatic heterocycles. The lowest BCUT2D eigenvalue weighted by Gasteiger charge is -2.00. The summed E-state index contributed by atoms with van der Waals surface area (Å²) in [6.07, 6.45) is 0. The number of Topliss-reactive ketones (excluding diaryl/α,β-unsaturated/α-hetero) is 1. The van der Waals surface area contributed by atoms with Crippen LogP contribution in [0.1, 0.15) is 13.8 Å². The van der Waals surface area contributed by atoms with Gasteiger partial charge in [0.1, 0.15) is 5.76 Å². The van der Waals surface area contributed by atoms with Crippen LogP contribution in [0.5, 0.6) is 0 Å². The van der Waals surface area contributed by atoms with Crippen molar-refractivity contribution >= 4 is 5.78 Å². The van der Waals surface area contributed by atoms with E-state index in [2.05, 4.69) is 4.74 Å². The molecule has 0 fully saturated rings. The second-order valence-corrected chi connectivity index (χ2v) is 1.67. The van der Waals surface area contributed by atoms with Crippen molar-refractivity contribution in [2.75, 3.05) is 7.11 Å². The van der Waals surface area contributed by atoms with Crippen molar-refractivity contribution < 1.29 is 14.6 Å². The summed E-state index contributed by atoms with van der Waals surface area (Å²) in [4.78, 5) is 10.5. The highest BCUT2D eigenvalue weighted by molar-refractivity contribution is 5.91. The van der Waals surface area contributed by atoms with Crippen LogP contribution >= 0.6 is 0 Å². The number of ketones is 1. The van der Waals surface area contributed by atoms with E-state index < -0.39 is 0 Å².